The third-order valence-electron chi connectivity index (χ3n) is 2.30. The fourth-order valence-corrected chi connectivity index (χ4v) is 1.61. The number of carbonyl (C=O) groups is 1. The fraction of sp³-hybridized carbons (Fsp3) is 0.462. The molecule has 0 fully saturated rings. The van der Waals surface area contributed by atoms with Crippen molar-refractivity contribution < 1.29 is 18.3 Å². The van der Waals surface area contributed by atoms with Crippen molar-refractivity contribution in [1.29, 1.82) is 0 Å². The van der Waals surface area contributed by atoms with E-state index in [2.05, 4.69) is 0 Å². The summed E-state index contributed by atoms with van der Waals surface area (Å²) in [5.41, 5.74) is 0.891. The molecule has 0 N–H and O–H groups in total. The van der Waals surface area contributed by atoms with Crippen LogP contribution in [-0.4, -0.2) is 37.0 Å². The van der Waals surface area contributed by atoms with Crippen LogP contribution in [0.3, 0.4) is 0 Å². The monoisotopic (exact) mass is 257 g/mol. The Bertz CT molecular complexity index is 357. The standard InChI is InChI=1S/C13H17F2NO2/c1-2-18-13(17)10-16(9-12(14)15)8-11-6-4-3-5-7-11/h3-7,12H,2,8-10H2,1H3. The number of benzene rings is 1. The molecule has 0 aliphatic heterocycles. The van der Waals surface area contributed by atoms with Crippen molar-refractivity contribution in [3.8, 4) is 0 Å². The van der Waals surface area contributed by atoms with Crippen LogP contribution in [0.1, 0.15) is 12.5 Å². The maximum Gasteiger partial charge on any atom is 0.320 e. The predicted octanol–water partition coefficient (Wildman–Crippen LogP) is 2.32. The number of carbonyl (C=O) groups excluding carboxylic acids is 1. The molecule has 0 bridgehead atoms. The molecule has 0 heterocycles. The van der Waals surface area contributed by atoms with Crippen LogP contribution < -0.4 is 0 Å². The first-order valence-corrected chi connectivity index (χ1v) is 5.82. The smallest absolute Gasteiger partial charge is 0.320 e. The lowest BCUT2D eigenvalue weighted by Crippen LogP contribution is -2.34. The van der Waals surface area contributed by atoms with Gasteiger partial charge in [-0.3, -0.25) is 9.69 Å². The molecule has 3 nitrogen and oxygen atoms in total. The Morgan fingerprint density at radius 1 is 1.33 bits per heavy atom. The Morgan fingerprint density at radius 3 is 2.56 bits per heavy atom. The van der Waals surface area contributed by atoms with Gasteiger partial charge in [-0.2, -0.15) is 0 Å². The number of rotatable bonds is 7. The Morgan fingerprint density at radius 2 is 2.00 bits per heavy atom. The van der Waals surface area contributed by atoms with E-state index in [-0.39, 0.29) is 13.2 Å². The number of ether oxygens (including phenoxy) is 1. The largest absolute Gasteiger partial charge is 0.465 e. The highest BCUT2D eigenvalue weighted by molar-refractivity contribution is 5.71. The maximum absolute atomic E-state index is 12.4. The van der Waals surface area contributed by atoms with Gasteiger partial charge in [-0.05, 0) is 12.5 Å². The van der Waals surface area contributed by atoms with Gasteiger partial charge in [0, 0.05) is 6.54 Å². The number of hydrogen-bond donors (Lipinski definition) is 0. The van der Waals surface area contributed by atoms with Gasteiger partial charge in [-0.1, -0.05) is 30.3 Å². The number of nitrogens with zero attached hydrogens (tertiary/aromatic N) is 1. The number of halogens is 2. The van der Waals surface area contributed by atoms with Crippen LogP contribution in [0.25, 0.3) is 0 Å². The lowest BCUT2D eigenvalue weighted by atomic mass is 10.2. The molecule has 0 radical (unpaired) electrons. The number of hydrogen-bond acceptors (Lipinski definition) is 3. The minimum atomic E-state index is -2.47. The zero-order valence-electron chi connectivity index (χ0n) is 10.3. The normalized spacial score (nSPS) is 10.9. The molecule has 18 heavy (non-hydrogen) atoms. The highest BCUT2D eigenvalue weighted by Crippen LogP contribution is 2.07. The zero-order chi connectivity index (χ0) is 13.4. The van der Waals surface area contributed by atoms with Gasteiger partial charge in [0.1, 0.15) is 0 Å². The average molecular weight is 257 g/mol. The minimum absolute atomic E-state index is 0.118. The van der Waals surface area contributed by atoms with Crippen LogP contribution in [0.4, 0.5) is 8.78 Å². The molecule has 0 spiro atoms. The van der Waals surface area contributed by atoms with Crippen molar-refractivity contribution in [3.63, 3.8) is 0 Å². The topological polar surface area (TPSA) is 29.5 Å². The van der Waals surface area contributed by atoms with Crippen LogP contribution in [0.15, 0.2) is 30.3 Å². The van der Waals surface area contributed by atoms with Crippen LogP contribution in [-0.2, 0) is 16.1 Å². The fourth-order valence-electron chi connectivity index (χ4n) is 1.61. The Balaban J connectivity index is 2.58. The first-order chi connectivity index (χ1) is 8.61. The number of alkyl halides is 2. The van der Waals surface area contributed by atoms with Gasteiger partial charge in [-0.15, -0.1) is 0 Å². The highest BCUT2D eigenvalue weighted by Gasteiger charge is 2.16. The maximum atomic E-state index is 12.4. The van der Waals surface area contributed by atoms with E-state index in [1.54, 1.807) is 6.92 Å². The van der Waals surface area contributed by atoms with Gasteiger partial charge in [0.15, 0.2) is 0 Å². The summed E-state index contributed by atoms with van der Waals surface area (Å²) < 4.78 is 29.6. The molecule has 1 aromatic rings. The van der Waals surface area contributed by atoms with Crippen molar-refractivity contribution in [2.45, 2.75) is 19.9 Å². The Hall–Kier alpha value is -1.49. The molecule has 100 valence electrons. The Labute approximate surface area is 105 Å². The molecule has 0 aliphatic rings. The summed E-state index contributed by atoms with van der Waals surface area (Å²) in [5, 5.41) is 0. The van der Waals surface area contributed by atoms with E-state index in [0.717, 1.165) is 5.56 Å². The predicted molar refractivity (Wildman–Crippen MR) is 64.4 cm³/mol. The van der Waals surface area contributed by atoms with E-state index in [9.17, 15) is 13.6 Å². The average Bonchev–Trinajstić information content (AvgIpc) is 2.29. The van der Waals surface area contributed by atoms with Gasteiger partial charge < -0.3 is 4.74 Å². The van der Waals surface area contributed by atoms with E-state index in [1.807, 2.05) is 30.3 Å². The summed E-state index contributed by atoms with van der Waals surface area (Å²) in [7, 11) is 0. The molecule has 0 atom stereocenters. The van der Waals surface area contributed by atoms with Gasteiger partial charge >= 0.3 is 5.97 Å². The lowest BCUT2D eigenvalue weighted by molar-refractivity contribution is -0.145. The van der Waals surface area contributed by atoms with Gasteiger partial charge in [0.05, 0.1) is 19.7 Å². The first kappa shape index (κ1) is 14.6. The molecule has 0 unspecified atom stereocenters. The van der Waals surface area contributed by atoms with Crippen molar-refractivity contribution in [2.75, 3.05) is 19.7 Å². The third kappa shape index (κ3) is 5.72. The summed E-state index contributed by atoms with van der Waals surface area (Å²) in [6, 6.07) is 9.19. The van der Waals surface area contributed by atoms with Crippen molar-refractivity contribution in [2.24, 2.45) is 0 Å². The molecule has 0 aliphatic carbocycles. The molecule has 5 heteroatoms. The highest BCUT2D eigenvalue weighted by atomic mass is 19.3. The van der Waals surface area contributed by atoms with Crippen LogP contribution in [0, 0.1) is 0 Å². The van der Waals surface area contributed by atoms with Crippen LogP contribution in [0.2, 0.25) is 0 Å². The second-order valence-electron chi connectivity index (χ2n) is 3.85. The summed E-state index contributed by atoms with van der Waals surface area (Å²) in [6.45, 7) is 1.70. The molecular weight excluding hydrogens is 240 g/mol. The van der Waals surface area contributed by atoms with Crippen LogP contribution in [0.5, 0.6) is 0 Å². The van der Waals surface area contributed by atoms with Gasteiger partial charge in [0.2, 0.25) is 0 Å². The van der Waals surface area contributed by atoms with Crippen molar-refractivity contribution in [1.82, 2.24) is 4.90 Å². The van der Waals surface area contributed by atoms with E-state index in [4.69, 9.17) is 4.74 Å². The van der Waals surface area contributed by atoms with E-state index < -0.39 is 18.9 Å². The van der Waals surface area contributed by atoms with Crippen LogP contribution >= 0.6 is 0 Å². The summed E-state index contributed by atoms with van der Waals surface area (Å²) in [5.74, 6) is -0.478. The Kier molecular flexibility index (Phi) is 6.28. The third-order valence-corrected chi connectivity index (χ3v) is 2.30. The quantitative estimate of drug-likeness (QED) is 0.702. The molecule has 0 saturated heterocycles. The number of esters is 1. The summed E-state index contributed by atoms with van der Waals surface area (Å²) in [4.78, 5) is 12.7. The van der Waals surface area contributed by atoms with E-state index >= 15 is 0 Å². The molecule has 0 aromatic heterocycles. The second-order valence-corrected chi connectivity index (χ2v) is 3.85. The van der Waals surface area contributed by atoms with Gasteiger partial charge in [0.25, 0.3) is 6.43 Å². The van der Waals surface area contributed by atoms with Gasteiger partial charge in [-0.25, -0.2) is 8.78 Å². The first-order valence-electron chi connectivity index (χ1n) is 5.82. The molecule has 1 rings (SSSR count). The molecule has 0 amide bonds. The van der Waals surface area contributed by atoms with Crippen molar-refractivity contribution in [3.05, 3.63) is 35.9 Å². The molecule has 0 saturated carbocycles. The summed E-state index contributed by atoms with van der Waals surface area (Å²) >= 11 is 0. The minimum Gasteiger partial charge on any atom is -0.465 e. The summed E-state index contributed by atoms with van der Waals surface area (Å²) in [6.07, 6.45) is -2.47. The molecule has 1 aromatic carbocycles. The SMILES string of the molecule is CCOC(=O)CN(Cc1ccccc1)CC(F)F. The molecular formula is C13H17F2NO2. The lowest BCUT2D eigenvalue weighted by Gasteiger charge is -2.20. The zero-order valence-corrected chi connectivity index (χ0v) is 10.3. The second kappa shape index (κ2) is 7.76. The van der Waals surface area contributed by atoms with Crippen molar-refractivity contribution >= 4 is 5.97 Å². The van der Waals surface area contributed by atoms with E-state index in [0.29, 0.717) is 6.54 Å². The van der Waals surface area contributed by atoms with E-state index in [1.165, 1.54) is 4.90 Å².